The van der Waals surface area contributed by atoms with Gasteiger partial charge < -0.3 is 9.80 Å². The van der Waals surface area contributed by atoms with Crippen LogP contribution in [-0.4, -0.2) is 18.2 Å². The molecule has 1 atom stereocenters. The summed E-state index contributed by atoms with van der Waals surface area (Å²) < 4.78 is 0. The lowest BCUT2D eigenvalue weighted by molar-refractivity contribution is 0.680. The molecule has 0 N–H and O–H groups in total. The Labute approximate surface area is 101 Å². The molecule has 2 aliphatic heterocycles. The van der Waals surface area contributed by atoms with E-state index in [1.165, 1.54) is 24.2 Å². The molecule has 86 valence electrons. The van der Waals surface area contributed by atoms with Crippen LogP contribution < -0.4 is 9.80 Å². The lowest BCUT2D eigenvalue weighted by Gasteiger charge is -2.24. The van der Waals surface area contributed by atoms with E-state index in [2.05, 4.69) is 40.0 Å². The van der Waals surface area contributed by atoms with Crippen molar-refractivity contribution in [1.29, 1.82) is 0 Å². The van der Waals surface area contributed by atoms with Crippen LogP contribution >= 0.6 is 0 Å². The summed E-state index contributed by atoms with van der Waals surface area (Å²) in [7, 11) is 2.15. The Morgan fingerprint density at radius 1 is 1.41 bits per heavy atom. The molecular weight excluding hydrogens is 210 g/mol. The number of rotatable bonds is 0. The van der Waals surface area contributed by atoms with E-state index in [1.54, 1.807) is 5.57 Å². The highest BCUT2D eigenvalue weighted by molar-refractivity contribution is 5.79. The molecule has 3 heterocycles. The summed E-state index contributed by atoms with van der Waals surface area (Å²) in [4.78, 5) is 9.26. The summed E-state index contributed by atoms with van der Waals surface area (Å²) in [5, 5.41) is 0. The lowest BCUT2D eigenvalue weighted by atomic mass is 10.0. The van der Waals surface area contributed by atoms with Crippen molar-refractivity contribution in [2.45, 2.75) is 25.4 Å². The predicted octanol–water partition coefficient (Wildman–Crippen LogP) is 2.67. The van der Waals surface area contributed by atoms with Crippen molar-refractivity contribution in [2.24, 2.45) is 0 Å². The van der Waals surface area contributed by atoms with Crippen LogP contribution in [0, 0.1) is 0 Å². The Hall–Kier alpha value is -1.77. The minimum Gasteiger partial charge on any atom is -0.337 e. The van der Waals surface area contributed by atoms with Crippen LogP contribution in [0.5, 0.6) is 0 Å². The van der Waals surface area contributed by atoms with Crippen molar-refractivity contribution in [3.63, 3.8) is 0 Å². The Balaban J connectivity index is 1.88. The largest absolute Gasteiger partial charge is 0.337 e. The molecule has 3 aliphatic rings. The molecule has 0 radical (unpaired) electrons. The van der Waals surface area contributed by atoms with Gasteiger partial charge in [0.25, 0.3) is 0 Å². The van der Waals surface area contributed by atoms with Crippen molar-refractivity contribution in [3.05, 3.63) is 41.8 Å². The molecule has 1 unspecified atom stereocenters. The van der Waals surface area contributed by atoms with Gasteiger partial charge in [-0.25, -0.2) is 4.98 Å². The van der Waals surface area contributed by atoms with Crippen LogP contribution in [-0.2, 0) is 0 Å². The monoisotopic (exact) mass is 225 g/mol. The average Bonchev–Trinajstić information content (AvgIpc) is 2.88. The van der Waals surface area contributed by atoms with E-state index in [4.69, 9.17) is 0 Å². The normalized spacial score (nSPS) is 25.1. The summed E-state index contributed by atoms with van der Waals surface area (Å²) in [6.07, 6.45) is 10.5. The van der Waals surface area contributed by atoms with Crippen LogP contribution in [0.1, 0.15) is 19.3 Å². The first-order valence-electron chi connectivity index (χ1n) is 6.22. The number of hydrogen-bond donors (Lipinski definition) is 0. The summed E-state index contributed by atoms with van der Waals surface area (Å²) in [6.45, 7) is 0. The van der Waals surface area contributed by atoms with Gasteiger partial charge >= 0.3 is 0 Å². The fourth-order valence-electron chi connectivity index (χ4n) is 3.22. The van der Waals surface area contributed by atoms with Gasteiger partial charge in [0.05, 0.1) is 5.69 Å². The summed E-state index contributed by atoms with van der Waals surface area (Å²) in [5.41, 5.74) is 4.29. The van der Waals surface area contributed by atoms with Crippen LogP contribution in [0.25, 0.3) is 0 Å². The van der Waals surface area contributed by atoms with E-state index >= 15 is 0 Å². The van der Waals surface area contributed by atoms with E-state index in [-0.39, 0.29) is 0 Å². The van der Waals surface area contributed by atoms with E-state index in [1.807, 2.05) is 12.3 Å². The van der Waals surface area contributed by atoms with E-state index < -0.39 is 0 Å². The number of nitrogens with zero attached hydrogens (tertiary/aromatic N) is 3. The smallest absolute Gasteiger partial charge is 0.153 e. The molecule has 1 aromatic heterocycles. The van der Waals surface area contributed by atoms with Gasteiger partial charge in [-0.15, -0.1) is 0 Å². The first-order chi connectivity index (χ1) is 8.36. The van der Waals surface area contributed by atoms with Gasteiger partial charge in [-0.05, 0) is 36.6 Å². The molecular formula is C14H15N3. The first kappa shape index (κ1) is 9.28. The number of hydrogen-bond acceptors (Lipinski definition) is 3. The second kappa shape index (κ2) is 3.13. The quantitative estimate of drug-likeness (QED) is 0.676. The van der Waals surface area contributed by atoms with Gasteiger partial charge in [0, 0.05) is 25.4 Å². The molecule has 3 nitrogen and oxygen atoms in total. The highest BCUT2D eigenvalue weighted by Crippen LogP contribution is 2.47. The Bertz CT molecular complexity index is 544. The van der Waals surface area contributed by atoms with Crippen molar-refractivity contribution in [1.82, 2.24) is 4.98 Å². The van der Waals surface area contributed by atoms with Gasteiger partial charge in [0.15, 0.2) is 5.82 Å². The van der Waals surface area contributed by atoms with Gasteiger partial charge in [-0.2, -0.15) is 0 Å². The average molecular weight is 225 g/mol. The number of aromatic nitrogens is 1. The SMILES string of the molecule is CN1c2ncccc2N2C3=C(CCC=C3)CC12. The fraction of sp³-hybridized carbons (Fsp3) is 0.357. The third-order valence-electron chi connectivity index (χ3n) is 4.04. The molecule has 4 rings (SSSR count). The molecule has 0 amide bonds. The Kier molecular flexibility index (Phi) is 1.71. The van der Waals surface area contributed by atoms with Gasteiger partial charge in [0.1, 0.15) is 6.17 Å². The predicted molar refractivity (Wildman–Crippen MR) is 68.9 cm³/mol. The maximum atomic E-state index is 4.50. The first-order valence-corrected chi connectivity index (χ1v) is 6.22. The number of fused-ring (bicyclic) bond motifs is 4. The zero-order valence-electron chi connectivity index (χ0n) is 9.93. The molecule has 0 fully saturated rings. The lowest BCUT2D eigenvalue weighted by Crippen LogP contribution is -2.36. The summed E-state index contributed by atoms with van der Waals surface area (Å²) in [6, 6.07) is 4.21. The third kappa shape index (κ3) is 1.09. The van der Waals surface area contributed by atoms with Gasteiger partial charge in [-0.3, -0.25) is 0 Å². The summed E-state index contributed by atoms with van der Waals surface area (Å²) in [5.74, 6) is 1.11. The van der Waals surface area contributed by atoms with Crippen molar-refractivity contribution in [3.8, 4) is 0 Å². The number of pyridine rings is 1. The zero-order valence-corrected chi connectivity index (χ0v) is 9.93. The molecule has 0 bridgehead atoms. The Morgan fingerprint density at radius 2 is 2.35 bits per heavy atom. The Morgan fingerprint density at radius 3 is 3.29 bits per heavy atom. The summed E-state index contributed by atoms with van der Waals surface area (Å²) >= 11 is 0. The molecule has 0 aromatic carbocycles. The highest BCUT2D eigenvalue weighted by Gasteiger charge is 2.41. The molecule has 0 saturated heterocycles. The topological polar surface area (TPSA) is 19.4 Å². The van der Waals surface area contributed by atoms with Crippen LogP contribution in [0.4, 0.5) is 11.5 Å². The standard InChI is InChI=1S/C14H15N3/c1-16-13-9-10-5-2-3-6-11(10)17(13)12-7-4-8-15-14(12)16/h3-4,6-8,13H,2,5,9H2,1H3. The van der Waals surface area contributed by atoms with Crippen molar-refractivity contribution in [2.75, 3.05) is 16.8 Å². The molecule has 0 spiro atoms. The minimum absolute atomic E-state index is 0.452. The van der Waals surface area contributed by atoms with Crippen molar-refractivity contribution >= 4 is 11.5 Å². The van der Waals surface area contributed by atoms with Crippen molar-refractivity contribution < 1.29 is 0 Å². The highest BCUT2D eigenvalue weighted by atomic mass is 15.4. The van der Waals surface area contributed by atoms with E-state index in [0.29, 0.717) is 6.17 Å². The maximum Gasteiger partial charge on any atom is 0.153 e. The molecule has 1 aromatic rings. The number of anilines is 2. The molecule has 3 heteroatoms. The molecule has 17 heavy (non-hydrogen) atoms. The van der Waals surface area contributed by atoms with Crippen LogP contribution in [0.2, 0.25) is 0 Å². The van der Waals surface area contributed by atoms with Gasteiger partial charge in [-0.1, -0.05) is 6.08 Å². The molecule has 0 saturated carbocycles. The van der Waals surface area contributed by atoms with Crippen LogP contribution in [0.15, 0.2) is 41.8 Å². The van der Waals surface area contributed by atoms with Gasteiger partial charge in [0.2, 0.25) is 0 Å². The zero-order chi connectivity index (χ0) is 11.4. The van der Waals surface area contributed by atoms with Crippen LogP contribution in [0.3, 0.4) is 0 Å². The number of allylic oxidation sites excluding steroid dienone is 2. The second-order valence-electron chi connectivity index (χ2n) is 4.94. The van der Waals surface area contributed by atoms with E-state index in [0.717, 1.165) is 12.2 Å². The second-order valence-corrected chi connectivity index (χ2v) is 4.94. The van der Waals surface area contributed by atoms with E-state index in [9.17, 15) is 0 Å². The molecule has 1 aliphatic carbocycles. The third-order valence-corrected chi connectivity index (χ3v) is 4.04. The maximum absolute atomic E-state index is 4.50. The fourth-order valence-corrected chi connectivity index (χ4v) is 3.22. The minimum atomic E-state index is 0.452.